The van der Waals surface area contributed by atoms with Crippen molar-refractivity contribution >= 4 is 11.0 Å². The maximum atomic E-state index is 9.24. The number of nitrogens with zero attached hydrogens (tertiary/aromatic N) is 3. The van der Waals surface area contributed by atoms with E-state index in [1.54, 1.807) is 0 Å². The zero-order chi connectivity index (χ0) is 12.7. The number of rotatable bonds is 2. The minimum Gasteiger partial charge on any atom is -0.390 e. The van der Waals surface area contributed by atoms with Gasteiger partial charge in [0.05, 0.1) is 23.3 Å². The summed E-state index contributed by atoms with van der Waals surface area (Å²) in [7, 11) is 3.95. The van der Waals surface area contributed by atoms with Crippen molar-refractivity contribution in [2.24, 2.45) is 14.1 Å². The van der Waals surface area contributed by atoms with Gasteiger partial charge in [-0.1, -0.05) is 12.1 Å². The molecular weight excluding hydrogens is 226 g/mol. The normalized spacial score (nSPS) is 11.3. The van der Waals surface area contributed by atoms with Crippen LogP contribution in [0.2, 0.25) is 0 Å². The molecule has 0 saturated heterocycles. The SMILES string of the molecule is Cn1c(CO)ccc1-c1nc2ccccc2n1C. The van der Waals surface area contributed by atoms with E-state index in [1.807, 2.05) is 49.0 Å². The third kappa shape index (κ3) is 1.46. The van der Waals surface area contributed by atoms with Crippen molar-refractivity contribution in [2.75, 3.05) is 0 Å². The topological polar surface area (TPSA) is 43.0 Å². The summed E-state index contributed by atoms with van der Waals surface area (Å²) in [6.07, 6.45) is 0. The van der Waals surface area contributed by atoms with Crippen molar-refractivity contribution in [3.05, 3.63) is 42.1 Å². The van der Waals surface area contributed by atoms with Crippen molar-refractivity contribution in [1.29, 1.82) is 0 Å². The van der Waals surface area contributed by atoms with E-state index in [0.717, 1.165) is 28.2 Å². The van der Waals surface area contributed by atoms with Crippen molar-refractivity contribution in [1.82, 2.24) is 14.1 Å². The van der Waals surface area contributed by atoms with Gasteiger partial charge in [-0.05, 0) is 24.3 Å². The van der Waals surface area contributed by atoms with E-state index in [4.69, 9.17) is 0 Å². The first-order chi connectivity index (χ1) is 8.72. The van der Waals surface area contributed by atoms with Gasteiger partial charge >= 0.3 is 0 Å². The molecule has 4 heteroatoms. The Morgan fingerprint density at radius 1 is 1.06 bits per heavy atom. The highest BCUT2D eigenvalue weighted by Gasteiger charge is 2.13. The Labute approximate surface area is 105 Å². The second-order valence-corrected chi connectivity index (χ2v) is 4.41. The fourth-order valence-electron chi connectivity index (χ4n) is 2.31. The van der Waals surface area contributed by atoms with E-state index < -0.39 is 0 Å². The average Bonchev–Trinajstić information content (AvgIpc) is 2.91. The van der Waals surface area contributed by atoms with Crippen LogP contribution in [-0.4, -0.2) is 19.2 Å². The lowest BCUT2D eigenvalue weighted by Gasteiger charge is -2.06. The number of imidazole rings is 1. The first-order valence-corrected chi connectivity index (χ1v) is 5.89. The number of hydrogen-bond acceptors (Lipinski definition) is 2. The van der Waals surface area contributed by atoms with E-state index in [2.05, 4.69) is 15.6 Å². The molecule has 0 aliphatic carbocycles. The van der Waals surface area contributed by atoms with Gasteiger partial charge in [0, 0.05) is 19.8 Å². The van der Waals surface area contributed by atoms with E-state index in [-0.39, 0.29) is 6.61 Å². The quantitative estimate of drug-likeness (QED) is 0.746. The number of aliphatic hydroxyl groups is 1. The zero-order valence-corrected chi connectivity index (χ0v) is 10.5. The molecule has 3 rings (SSSR count). The van der Waals surface area contributed by atoms with Gasteiger partial charge in [-0.3, -0.25) is 0 Å². The maximum Gasteiger partial charge on any atom is 0.157 e. The largest absolute Gasteiger partial charge is 0.390 e. The van der Waals surface area contributed by atoms with Gasteiger partial charge in [-0.15, -0.1) is 0 Å². The number of aliphatic hydroxyl groups excluding tert-OH is 1. The standard InChI is InChI=1S/C14H15N3O/c1-16-10(9-18)7-8-13(16)14-15-11-5-3-4-6-12(11)17(14)2/h3-8,18H,9H2,1-2H3. The van der Waals surface area contributed by atoms with Gasteiger partial charge in [0.1, 0.15) is 0 Å². The molecule has 0 amide bonds. The minimum atomic E-state index is 0.0421. The summed E-state index contributed by atoms with van der Waals surface area (Å²) in [6.45, 7) is 0.0421. The minimum absolute atomic E-state index is 0.0421. The van der Waals surface area contributed by atoms with Gasteiger partial charge in [0.25, 0.3) is 0 Å². The van der Waals surface area contributed by atoms with E-state index in [0.29, 0.717) is 0 Å². The number of aryl methyl sites for hydroxylation is 1. The van der Waals surface area contributed by atoms with Crippen molar-refractivity contribution < 1.29 is 5.11 Å². The van der Waals surface area contributed by atoms with Gasteiger partial charge < -0.3 is 14.2 Å². The van der Waals surface area contributed by atoms with E-state index in [1.165, 1.54) is 0 Å². The van der Waals surface area contributed by atoms with Gasteiger partial charge in [0.15, 0.2) is 5.82 Å². The molecule has 1 N–H and O–H groups in total. The summed E-state index contributed by atoms with van der Waals surface area (Å²) < 4.78 is 4.05. The van der Waals surface area contributed by atoms with E-state index in [9.17, 15) is 5.11 Å². The molecule has 0 aliphatic rings. The van der Waals surface area contributed by atoms with Crippen LogP contribution in [-0.2, 0) is 20.7 Å². The first kappa shape index (κ1) is 11.0. The Morgan fingerprint density at radius 2 is 1.83 bits per heavy atom. The summed E-state index contributed by atoms with van der Waals surface area (Å²) in [5.74, 6) is 0.915. The molecule has 0 aliphatic heterocycles. The van der Waals surface area contributed by atoms with Crippen LogP contribution in [0.3, 0.4) is 0 Å². The molecule has 18 heavy (non-hydrogen) atoms. The van der Waals surface area contributed by atoms with Gasteiger partial charge in [-0.2, -0.15) is 0 Å². The third-order valence-electron chi connectivity index (χ3n) is 3.40. The summed E-state index contributed by atoms with van der Waals surface area (Å²) in [6, 6.07) is 12.0. The molecule has 2 aromatic heterocycles. The molecule has 0 spiro atoms. The van der Waals surface area contributed by atoms with E-state index >= 15 is 0 Å². The van der Waals surface area contributed by atoms with Crippen molar-refractivity contribution in [2.45, 2.75) is 6.61 Å². The van der Waals surface area contributed by atoms with Crippen molar-refractivity contribution in [3.8, 4) is 11.5 Å². The first-order valence-electron chi connectivity index (χ1n) is 5.89. The Kier molecular flexibility index (Phi) is 2.45. The highest BCUT2D eigenvalue weighted by Crippen LogP contribution is 2.24. The van der Waals surface area contributed by atoms with Crippen LogP contribution in [0, 0.1) is 0 Å². The highest BCUT2D eigenvalue weighted by molar-refractivity contribution is 5.80. The van der Waals surface area contributed by atoms with Crippen LogP contribution < -0.4 is 0 Å². The predicted molar refractivity (Wildman–Crippen MR) is 71.0 cm³/mol. The summed E-state index contributed by atoms with van der Waals surface area (Å²) in [5, 5.41) is 9.24. The molecule has 0 unspecified atom stereocenters. The van der Waals surface area contributed by atoms with Crippen LogP contribution in [0.25, 0.3) is 22.6 Å². The molecular formula is C14H15N3O. The number of fused-ring (bicyclic) bond motifs is 1. The van der Waals surface area contributed by atoms with Crippen LogP contribution in [0.1, 0.15) is 5.69 Å². The molecule has 1 aromatic carbocycles. The fourth-order valence-corrected chi connectivity index (χ4v) is 2.31. The molecule has 92 valence electrons. The molecule has 0 saturated carbocycles. The summed E-state index contributed by atoms with van der Waals surface area (Å²) in [5.41, 5.74) is 4.00. The maximum absolute atomic E-state index is 9.24. The van der Waals surface area contributed by atoms with Gasteiger partial charge in [-0.25, -0.2) is 4.98 Å². The van der Waals surface area contributed by atoms with Gasteiger partial charge in [0.2, 0.25) is 0 Å². The zero-order valence-electron chi connectivity index (χ0n) is 10.5. The Bertz CT molecular complexity index is 709. The monoisotopic (exact) mass is 241 g/mol. The summed E-state index contributed by atoms with van der Waals surface area (Å²) >= 11 is 0. The number of aromatic nitrogens is 3. The second kappa shape index (κ2) is 3.99. The Balaban J connectivity index is 2.25. The van der Waals surface area contributed by atoms with Crippen molar-refractivity contribution in [3.63, 3.8) is 0 Å². The molecule has 2 heterocycles. The average molecular weight is 241 g/mol. The van der Waals surface area contributed by atoms with Crippen LogP contribution >= 0.6 is 0 Å². The molecule has 0 radical (unpaired) electrons. The fraction of sp³-hybridized carbons (Fsp3) is 0.214. The molecule has 0 fully saturated rings. The van der Waals surface area contributed by atoms with Crippen LogP contribution in [0.5, 0.6) is 0 Å². The summed E-state index contributed by atoms with van der Waals surface area (Å²) in [4.78, 5) is 4.65. The smallest absolute Gasteiger partial charge is 0.157 e. The number of para-hydroxylation sites is 2. The lowest BCUT2D eigenvalue weighted by Crippen LogP contribution is -2.01. The number of hydrogen-bond donors (Lipinski definition) is 1. The Morgan fingerprint density at radius 3 is 2.50 bits per heavy atom. The molecule has 4 nitrogen and oxygen atoms in total. The molecule has 3 aromatic rings. The van der Waals surface area contributed by atoms with Crippen LogP contribution in [0.15, 0.2) is 36.4 Å². The highest BCUT2D eigenvalue weighted by atomic mass is 16.3. The lowest BCUT2D eigenvalue weighted by atomic mass is 10.3. The third-order valence-corrected chi connectivity index (χ3v) is 3.40. The Hall–Kier alpha value is -2.07. The lowest BCUT2D eigenvalue weighted by molar-refractivity contribution is 0.273. The van der Waals surface area contributed by atoms with Crippen LogP contribution in [0.4, 0.5) is 0 Å². The molecule has 0 atom stereocenters. The molecule has 0 bridgehead atoms. The second-order valence-electron chi connectivity index (χ2n) is 4.41. The predicted octanol–water partition coefficient (Wildman–Crippen LogP) is 2.07. The number of benzene rings is 1.